The van der Waals surface area contributed by atoms with Gasteiger partial charge < -0.3 is 19.7 Å². The molecule has 0 amide bonds. The highest BCUT2D eigenvalue weighted by molar-refractivity contribution is 5.32. The van der Waals surface area contributed by atoms with Gasteiger partial charge in [-0.3, -0.25) is 0 Å². The van der Waals surface area contributed by atoms with Crippen LogP contribution in [0.1, 0.15) is 106 Å². The highest BCUT2D eigenvalue weighted by Crippen LogP contribution is 2.90. The molecule has 2 aliphatic heterocycles. The molecule has 2 bridgehead atoms. The van der Waals surface area contributed by atoms with Gasteiger partial charge in [-0.15, -0.1) is 0 Å². The Morgan fingerprint density at radius 2 is 1.50 bits per heavy atom. The van der Waals surface area contributed by atoms with Crippen molar-refractivity contribution in [2.45, 2.75) is 136 Å². The van der Waals surface area contributed by atoms with Crippen LogP contribution in [0.25, 0.3) is 0 Å². The minimum Gasteiger partial charge on any atom is -0.393 e. The Morgan fingerprint density at radius 3 is 2.21 bits per heavy atom. The molecule has 4 heteroatoms. The third kappa shape index (κ3) is 2.26. The summed E-state index contributed by atoms with van der Waals surface area (Å²) in [6.45, 7) is 16.1. The van der Waals surface area contributed by atoms with Gasteiger partial charge in [-0.25, -0.2) is 0 Å². The molecule has 7 rings (SSSR count). The average Bonchev–Trinajstić information content (AvgIpc) is 3.22. The van der Waals surface area contributed by atoms with Gasteiger partial charge in [-0.1, -0.05) is 34.6 Å². The lowest BCUT2D eigenvalue weighted by molar-refractivity contribution is -0.245. The molecule has 5 aliphatic carbocycles. The molecule has 0 aromatic rings. The fourth-order valence-electron chi connectivity index (χ4n) is 12.7. The molecule has 0 radical (unpaired) electrons. The van der Waals surface area contributed by atoms with E-state index in [0.29, 0.717) is 28.6 Å². The Bertz CT molecular complexity index is 923. The van der Waals surface area contributed by atoms with Gasteiger partial charge in [0.15, 0.2) is 5.79 Å². The summed E-state index contributed by atoms with van der Waals surface area (Å²) in [6, 6.07) is 0. The van der Waals surface area contributed by atoms with Crippen molar-refractivity contribution in [2.75, 3.05) is 0 Å². The summed E-state index contributed by atoms with van der Waals surface area (Å²) >= 11 is 0. The maximum Gasteiger partial charge on any atom is 0.173 e. The van der Waals surface area contributed by atoms with Crippen molar-refractivity contribution in [1.29, 1.82) is 0 Å². The molecule has 0 aromatic heterocycles. The maximum atomic E-state index is 11.0. The van der Waals surface area contributed by atoms with E-state index in [4.69, 9.17) is 9.47 Å². The summed E-state index contributed by atoms with van der Waals surface area (Å²) in [5, 5.41) is 21.9. The van der Waals surface area contributed by atoms with Gasteiger partial charge in [0.25, 0.3) is 0 Å². The Hall–Kier alpha value is -0.160. The molecule has 7 aliphatic rings. The van der Waals surface area contributed by atoms with Gasteiger partial charge in [-0.2, -0.15) is 0 Å². The normalized spacial score (nSPS) is 63.3. The summed E-state index contributed by atoms with van der Waals surface area (Å²) in [5.41, 5.74) is 0.477. The minimum absolute atomic E-state index is 0.0104. The highest BCUT2D eigenvalue weighted by atomic mass is 16.8. The van der Waals surface area contributed by atoms with Gasteiger partial charge >= 0.3 is 0 Å². The average molecular weight is 473 g/mol. The van der Waals surface area contributed by atoms with Crippen molar-refractivity contribution in [3.63, 3.8) is 0 Å². The Morgan fingerprint density at radius 1 is 0.824 bits per heavy atom. The number of aliphatic hydroxyl groups is 2. The van der Waals surface area contributed by atoms with Gasteiger partial charge in [-0.05, 0) is 110 Å². The number of hydrogen-bond donors (Lipinski definition) is 2. The molecule has 2 heterocycles. The molecular formula is C30H48O4. The van der Waals surface area contributed by atoms with E-state index in [0.717, 1.165) is 25.2 Å². The van der Waals surface area contributed by atoms with E-state index < -0.39 is 11.4 Å². The smallest absolute Gasteiger partial charge is 0.173 e. The first kappa shape index (κ1) is 23.0. The molecule has 2 saturated heterocycles. The van der Waals surface area contributed by atoms with Crippen LogP contribution in [0.5, 0.6) is 0 Å². The third-order valence-corrected chi connectivity index (χ3v) is 14.0. The lowest BCUT2D eigenvalue weighted by Crippen LogP contribution is -2.58. The number of fused-ring (bicyclic) bond motifs is 4. The van der Waals surface area contributed by atoms with E-state index in [-0.39, 0.29) is 34.6 Å². The Kier molecular flexibility index (Phi) is 4.13. The number of ether oxygens (including phenoxy) is 2. The van der Waals surface area contributed by atoms with Crippen molar-refractivity contribution in [2.24, 2.45) is 50.7 Å². The molecule has 4 nitrogen and oxygen atoms in total. The van der Waals surface area contributed by atoms with Crippen LogP contribution in [-0.4, -0.2) is 39.9 Å². The van der Waals surface area contributed by atoms with E-state index >= 15 is 0 Å². The topological polar surface area (TPSA) is 58.9 Å². The summed E-state index contributed by atoms with van der Waals surface area (Å²) in [4.78, 5) is 0. The molecule has 3 spiro atoms. The lowest BCUT2D eigenvalue weighted by Gasteiger charge is -2.63. The van der Waals surface area contributed by atoms with E-state index in [2.05, 4.69) is 34.6 Å². The fraction of sp³-hybridized carbons (Fsp3) is 1.00. The Balaban J connectivity index is 1.29. The molecule has 34 heavy (non-hydrogen) atoms. The Labute approximate surface area is 206 Å². The predicted molar refractivity (Wildman–Crippen MR) is 131 cm³/mol. The molecule has 12 unspecified atom stereocenters. The number of hydrogen-bond acceptors (Lipinski definition) is 4. The minimum atomic E-state index is -0.882. The second kappa shape index (κ2) is 6.11. The van der Waals surface area contributed by atoms with E-state index in [1.54, 1.807) is 0 Å². The molecule has 2 N–H and O–H groups in total. The molecular weight excluding hydrogens is 424 g/mol. The standard InChI is InChI=1S/C30H48O4/c1-17-14-18-23(25(4,5)32)34-30(33-18)15-27(7)20-9-8-19-24(2,3)21(31)10-11-28(19)16-29(20,28)13-12-26(27,6)22(17)30/h17-23,31-32H,8-16H2,1-7H3. The SMILES string of the molecule is CC1CC2OC3(CC4(C)C5CCC6C(C)(C)C(O)CCC67CC57CCC4(C)C13)OC2C(C)(C)O. The monoisotopic (exact) mass is 472 g/mol. The first-order chi connectivity index (χ1) is 15.7. The molecule has 7 fully saturated rings. The zero-order valence-electron chi connectivity index (χ0n) is 22.6. The number of aliphatic hydroxyl groups excluding tert-OH is 1. The third-order valence-electron chi connectivity index (χ3n) is 14.0. The molecule has 0 aromatic carbocycles. The first-order valence-corrected chi connectivity index (χ1v) is 14.4. The largest absolute Gasteiger partial charge is 0.393 e. The number of rotatable bonds is 1. The van der Waals surface area contributed by atoms with Gasteiger partial charge in [0.1, 0.15) is 6.10 Å². The van der Waals surface area contributed by atoms with Crippen LogP contribution in [0.3, 0.4) is 0 Å². The maximum absolute atomic E-state index is 11.0. The zero-order valence-corrected chi connectivity index (χ0v) is 22.6. The van der Waals surface area contributed by atoms with Crippen molar-refractivity contribution < 1.29 is 19.7 Å². The van der Waals surface area contributed by atoms with E-state index in [9.17, 15) is 10.2 Å². The van der Waals surface area contributed by atoms with Gasteiger partial charge in [0.05, 0.1) is 17.8 Å². The predicted octanol–water partition coefficient (Wildman–Crippen LogP) is 5.69. The van der Waals surface area contributed by atoms with Crippen LogP contribution in [-0.2, 0) is 9.47 Å². The van der Waals surface area contributed by atoms with Crippen molar-refractivity contribution in [3.8, 4) is 0 Å². The molecule has 192 valence electrons. The van der Waals surface area contributed by atoms with Gasteiger partial charge in [0, 0.05) is 12.3 Å². The first-order valence-electron chi connectivity index (χ1n) is 14.4. The quantitative estimate of drug-likeness (QED) is 0.515. The summed E-state index contributed by atoms with van der Waals surface area (Å²) in [6.07, 6.45) is 10.4. The van der Waals surface area contributed by atoms with Gasteiger partial charge in [0.2, 0.25) is 0 Å². The van der Waals surface area contributed by atoms with Crippen molar-refractivity contribution in [3.05, 3.63) is 0 Å². The lowest BCUT2D eigenvalue weighted by atomic mass is 9.41. The zero-order chi connectivity index (χ0) is 24.3. The van der Waals surface area contributed by atoms with Crippen LogP contribution < -0.4 is 0 Å². The summed E-state index contributed by atoms with van der Waals surface area (Å²) in [7, 11) is 0. The fourth-order valence-corrected chi connectivity index (χ4v) is 12.7. The van der Waals surface area contributed by atoms with Crippen LogP contribution in [0.4, 0.5) is 0 Å². The van der Waals surface area contributed by atoms with Crippen LogP contribution >= 0.6 is 0 Å². The molecule has 5 saturated carbocycles. The highest BCUT2D eigenvalue weighted by Gasteiger charge is 2.85. The van der Waals surface area contributed by atoms with Crippen LogP contribution in [0, 0.1) is 50.7 Å². The second-order valence-corrected chi connectivity index (χ2v) is 15.9. The van der Waals surface area contributed by atoms with E-state index in [1.165, 1.54) is 38.5 Å². The summed E-state index contributed by atoms with van der Waals surface area (Å²) in [5.74, 6) is 1.82. The summed E-state index contributed by atoms with van der Waals surface area (Å²) < 4.78 is 13.8. The second-order valence-electron chi connectivity index (χ2n) is 15.9. The van der Waals surface area contributed by atoms with E-state index in [1.807, 2.05) is 13.8 Å². The van der Waals surface area contributed by atoms with Crippen molar-refractivity contribution in [1.82, 2.24) is 0 Å². The van der Waals surface area contributed by atoms with Crippen molar-refractivity contribution >= 4 is 0 Å². The van der Waals surface area contributed by atoms with Crippen LogP contribution in [0.15, 0.2) is 0 Å². The molecule has 12 atom stereocenters. The van der Waals surface area contributed by atoms with Crippen LogP contribution in [0.2, 0.25) is 0 Å².